The predicted molar refractivity (Wildman–Crippen MR) is 111 cm³/mol. The van der Waals surface area contributed by atoms with Crippen LogP contribution in [0.2, 0.25) is 0 Å². The zero-order chi connectivity index (χ0) is 26.7. The first-order valence-electron chi connectivity index (χ1n) is 9.68. The van der Waals surface area contributed by atoms with E-state index in [1.165, 1.54) is 13.0 Å². The molecule has 8 nitrogen and oxygen atoms in total. The van der Waals surface area contributed by atoms with Crippen molar-refractivity contribution in [1.82, 2.24) is 0 Å². The molecule has 1 unspecified atom stereocenters. The third-order valence-electron chi connectivity index (χ3n) is 4.25. The van der Waals surface area contributed by atoms with E-state index in [9.17, 15) is 44.7 Å². The summed E-state index contributed by atoms with van der Waals surface area (Å²) in [5.41, 5.74) is -3.69. The van der Waals surface area contributed by atoms with Crippen LogP contribution in [0.15, 0.2) is 47.4 Å². The van der Waals surface area contributed by atoms with Crippen molar-refractivity contribution < 1.29 is 54.1 Å². The number of alkyl halides is 6. The number of hydrogen-bond acceptors (Lipinski definition) is 6. The Morgan fingerprint density at radius 1 is 1.03 bits per heavy atom. The van der Waals surface area contributed by atoms with Crippen LogP contribution in [0.25, 0.3) is 0 Å². The molecule has 0 heterocycles. The van der Waals surface area contributed by atoms with Crippen LogP contribution in [0.5, 0.6) is 11.5 Å². The molecule has 0 bridgehead atoms. The summed E-state index contributed by atoms with van der Waals surface area (Å²) in [7, 11) is -4.43. The largest absolute Gasteiger partial charge is 0.573 e. The maximum Gasteiger partial charge on any atom is 0.573 e. The van der Waals surface area contributed by atoms with Gasteiger partial charge in [-0.2, -0.15) is 13.2 Å². The number of rotatable bonds is 9. The molecule has 0 fully saturated rings. The van der Waals surface area contributed by atoms with Crippen molar-refractivity contribution in [2.24, 2.45) is 0 Å². The molecule has 194 valence electrons. The molecule has 0 aliphatic heterocycles. The Kier molecular flexibility index (Phi) is 8.17. The van der Waals surface area contributed by atoms with Crippen LogP contribution >= 0.6 is 0 Å². The standard InChI is InChI=1S/C20H20F6N2O6S/c1-3-33-15-10-12(27-17(29)11-18(2,30)19(21,22)23)7-8-16(15)35(31,32)28-13-5-4-6-14(9-13)34-20(24,25)26/h4-10,28,30H,3,11H2,1-2H3,(H,27,29). The molecule has 0 spiro atoms. The van der Waals surface area contributed by atoms with Gasteiger partial charge in [0.2, 0.25) is 5.91 Å². The third-order valence-corrected chi connectivity index (χ3v) is 5.67. The molecule has 0 aliphatic rings. The maximum absolute atomic E-state index is 12.8. The van der Waals surface area contributed by atoms with Gasteiger partial charge in [-0.25, -0.2) is 8.42 Å². The molecule has 2 aromatic carbocycles. The zero-order valence-electron chi connectivity index (χ0n) is 18.1. The Morgan fingerprint density at radius 3 is 2.26 bits per heavy atom. The van der Waals surface area contributed by atoms with Gasteiger partial charge in [0.15, 0.2) is 5.60 Å². The normalized spacial score (nSPS) is 14.1. The number of hydrogen-bond donors (Lipinski definition) is 3. The lowest BCUT2D eigenvalue weighted by Crippen LogP contribution is -2.44. The van der Waals surface area contributed by atoms with Gasteiger partial charge in [0.05, 0.1) is 18.7 Å². The van der Waals surface area contributed by atoms with Crippen molar-refractivity contribution in [2.45, 2.75) is 43.3 Å². The molecule has 0 aromatic heterocycles. The zero-order valence-corrected chi connectivity index (χ0v) is 18.9. The number of carbonyl (C=O) groups is 1. The molecular formula is C20H20F6N2O6S. The third kappa shape index (κ3) is 7.92. The summed E-state index contributed by atoms with van der Waals surface area (Å²) in [6.07, 6.45) is -11.4. The van der Waals surface area contributed by atoms with E-state index in [1.54, 1.807) is 0 Å². The van der Waals surface area contributed by atoms with Crippen LogP contribution in [0.4, 0.5) is 37.7 Å². The van der Waals surface area contributed by atoms with Gasteiger partial charge in [-0.3, -0.25) is 9.52 Å². The van der Waals surface area contributed by atoms with Crippen molar-refractivity contribution in [3.05, 3.63) is 42.5 Å². The smallest absolute Gasteiger partial charge is 0.492 e. The van der Waals surface area contributed by atoms with E-state index in [0.29, 0.717) is 6.92 Å². The summed E-state index contributed by atoms with van der Waals surface area (Å²) in [5.74, 6) is -2.18. The summed E-state index contributed by atoms with van der Waals surface area (Å²) >= 11 is 0. The average Bonchev–Trinajstić information content (AvgIpc) is 2.65. The second-order valence-electron chi connectivity index (χ2n) is 7.27. The summed E-state index contributed by atoms with van der Waals surface area (Å²) in [4.78, 5) is 11.5. The molecular weight excluding hydrogens is 510 g/mol. The van der Waals surface area contributed by atoms with Crippen LogP contribution in [0.1, 0.15) is 20.3 Å². The molecule has 2 aromatic rings. The Hall–Kier alpha value is -3.20. The monoisotopic (exact) mass is 530 g/mol. The summed E-state index contributed by atoms with van der Waals surface area (Å²) in [5, 5.41) is 11.6. The minimum Gasteiger partial charge on any atom is -0.492 e. The van der Waals surface area contributed by atoms with Crippen LogP contribution < -0.4 is 19.5 Å². The summed E-state index contributed by atoms with van der Waals surface area (Å²) in [6, 6.07) is 7.11. The summed E-state index contributed by atoms with van der Waals surface area (Å²) < 4.78 is 112. The molecule has 0 saturated heterocycles. The Labute approximate surface area is 195 Å². The van der Waals surface area contributed by atoms with E-state index >= 15 is 0 Å². The number of sulfonamides is 1. The fourth-order valence-corrected chi connectivity index (χ4v) is 3.84. The number of carbonyl (C=O) groups excluding carboxylic acids is 1. The Bertz CT molecular complexity index is 1170. The predicted octanol–water partition coefficient (Wildman–Crippen LogP) is 4.43. The number of ether oxygens (including phenoxy) is 2. The van der Waals surface area contributed by atoms with Crippen molar-refractivity contribution in [1.29, 1.82) is 0 Å². The average molecular weight is 530 g/mol. The van der Waals surface area contributed by atoms with Gasteiger partial charge in [-0.15, -0.1) is 13.2 Å². The van der Waals surface area contributed by atoms with Crippen molar-refractivity contribution in [2.75, 3.05) is 16.6 Å². The molecule has 15 heteroatoms. The molecule has 0 aliphatic carbocycles. The van der Waals surface area contributed by atoms with E-state index in [1.807, 2.05) is 0 Å². The number of halogens is 6. The minimum atomic E-state index is -5.06. The Morgan fingerprint density at radius 2 is 1.69 bits per heavy atom. The number of aliphatic hydroxyl groups is 1. The highest BCUT2D eigenvalue weighted by Crippen LogP contribution is 2.34. The summed E-state index contributed by atoms with van der Waals surface area (Å²) in [6.45, 7) is 1.89. The minimum absolute atomic E-state index is 0.0440. The van der Waals surface area contributed by atoms with Crippen LogP contribution in [0, 0.1) is 0 Å². The van der Waals surface area contributed by atoms with Gasteiger partial charge in [-0.1, -0.05) is 6.07 Å². The molecule has 35 heavy (non-hydrogen) atoms. The van der Waals surface area contributed by atoms with E-state index in [4.69, 9.17) is 4.74 Å². The van der Waals surface area contributed by atoms with Crippen LogP contribution in [-0.4, -0.2) is 44.2 Å². The number of amides is 1. The van der Waals surface area contributed by atoms with Crippen molar-refractivity contribution in [3.63, 3.8) is 0 Å². The first-order chi connectivity index (χ1) is 15.9. The second-order valence-corrected chi connectivity index (χ2v) is 8.92. The molecule has 1 amide bonds. The fourth-order valence-electron chi connectivity index (χ4n) is 2.66. The first-order valence-corrected chi connectivity index (χ1v) is 11.2. The van der Waals surface area contributed by atoms with Gasteiger partial charge < -0.3 is 19.9 Å². The highest BCUT2D eigenvalue weighted by atomic mass is 32.2. The lowest BCUT2D eigenvalue weighted by atomic mass is 10.0. The molecule has 0 radical (unpaired) electrons. The van der Waals surface area contributed by atoms with Gasteiger partial charge in [0, 0.05) is 17.8 Å². The first kappa shape index (κ1) is 28.0. The van der Waals surface area contributed by atoms with Gasteiger partial charge in [-0.05, 0) is 38.1 Å². The second kappa shape index (κ2) is 10.2. The SMILES string of the molecule is CCOc1cc(NC(=O)CC(C)(O)C(F)(F)F)ccc1S(=O)(=O)Nc1cccc(OC(F)(F)F)c1. The maximum atomic E-state index is 12.8. The quantitative estimate of drug-likeness (QED) is 0.414. The number of benzene rings is 2. The van der Waals surface area contributed by atoms with Gasteiger partial charge in [0.25, 0.3) is 10.0 Å². The van der Waals surface area contributed by atoms with Gasteiger partial charge in [0.1, 0.15) is 16.4 Å². The lowest BCUT2D eigenvalue weighted by Gasteiger charge is -2.25. The van der Waals surface area contributed by atoms with E-state index in [-0.39, 0.29) is 23.7 Å². The van der Waals surface area contributed by atoms with Crippen molar-refractivity contribution >= 4 is 27.3 Å². The van der Waals surface area contributed by atoms with E-state index in [2.05, 4.69) is 14.8 Å². The highest BCUT2D eigenvalue weighted by molar-refractivity contribution is 7.92. The van der Waals surface area contributed by atoms with E-state index < -0.39 is 51.1 Å². The van der Waals surface area contributed by atoms with Crippen molar-refractivity contribution in [3.8, 4) is 11.5 Å². The molecule has 1 atom stereocenters. The highest BCUT2D eigenvalue weighted by Gasteiger charge is 2.51. The Balaban J connectivity index is 2.27. The molecule has 3 N–H and O–H groups in total. The van der Waals surface area contributed by atoms with E-state index in [0.717, 1.165) is 36.4 Å². The lowest BCUT2D eigenvalue weighted by molar-refractivity contribution is -0.274. The van der Waals surface area contributed by atoms with Crippen LogP contribution in [0.3, 0.4) is 0 Å². The topological polar surface area (TPSA) is 114 Å². The fraction of sp³-hybridized carbons (Fsp3) is 0.350. The molecule has 2 rings (SSSR count). The van der Waals surface area contributed by atoms with Crippen LogP contribution in [-0.2, 0) is 14.8 Å². The van der Waals surface area contributed by atoms with Gasteiger partial charge >= 0.3 is 12.5 Å². The molecule has 0 saturated carbocycles. The number of nitrogens with one attached hydrogen (secondary N) is 2. The number of anilines is 2.